The van der Waals surface area contributed by atoms with Gasteiger partial charge in [-0.1, -0.05) is 47.1 Å². The number of aryl methyl sites for hydroxylation is 1. The van der Waals surface area contributed by atoms with Crippen molar-refractivity contribution in [1.82, 2.24) is 15.2 Å². The summed E-state index contributed by atoms with van der Waals surface area (Å²) in [7, 11) is 5.87. The summed E-state index contributed by atoms with van der Waals surface area (Å²) in [6.45, 7) is 8.74. The lowest BCUT2D eigenvalue weighted by atomic mass is 10.1. The number of hydrogen-bond acceptors (Lipinski definition) is 8. The molecular formula is C31H43N3O4S. The van der Waals surface area contributed by atoms with E-state index < -0.39 is 12.1 Å². The molecule has 0 fully saturated rings. The SMILES string of the molecule is CN/C1=C\C(=O)O[C@@H](C)C/C(C)=C/C=C\C(=O)O[C@H](/C=C(C)/C=C/C(C)=C/CN(C)C)Cc2nc(cs2)CC1. The van der Waals surface area contributed by atoms with Crippen LogP contribution in [0.5, 0.6) is 0 Å². The van der Waals surface area contributed by atoms with Gasteiger partial charge in [0, 0.05) is 49.7 Å². The first-order valence-electron chi connectivity index (χ1n) is 13.3. The van der Waals surface area contributed by atoms with Crippen LogP contribution in [0.15, 0.2) is 76.4 Å². The molecule has 8 heteroatoms. The lowest BCUT2D eigenvalue weighted by Crippen LogP contribution is -2.18. The maximum Gasteiger partial charge on any atom is 0.332 e. The molecule has 1 aliphatic rings. The smallest absolute Gasteiger partial charge is 0.332 e. The Bertz CT molecular complexity index is 1150. The van der Waals surface area contributed by atoms with E-state index in [0.29, 0.717) is 25.7 Å². The highest BCUT2D eigenvalue weighted by atomic mass is 32.1. The number of esters is 2. The number of hydrogen-bond donors (Lipinski definition) is 1. The predicted molar refractivity (Wildman–Crippen MR) is 159 cm³/mol. The van der Waals surface area contributed by atoms with Crippen LogP contribution in [0, 0.1) is 0 Å². The largest absolute Gasteiger partial charge is 0.459 e. The van der Waals surface area contributed by atoms with E-state index in [-0.39, 0.29) is 12.1 Å². The molecule has 1 aliphatic heterocycles. The van der Waals surface area contributed by atoms with Crippen molar-refractivity contribution in [3.8, 4) is 0 Å². The molecular weight excluding hydrogens is 510 g/mol. The van der Waals surface area contributed by atoms with Gasteiger partial charge in [0.25, 0.3) is 0 Å². The van der Waals surface area contributed by atoms with Crippen molar-refractivity contribution >= 4 is 23.3 Å². The summed E-state index contributed by atoms with van der Waals surface area (Å²) >= 11 is 1.55. The maximum atomic E-state index is 12.7. The molecule has 2 heterocycles. The van der Waals surface area contributed by atoms with Crippen LogP contribution in [0.2, 0.25) is 0 Å². The lowest BCUT2D eigenvalue weighted by molar-refractivity contribution is -0.142. The molecule has 2 rings (SSSR count). The van der Waals surface area contributed by atoms with E-state index in [2.05, 4.69) is 29.3 Å². The van der Waals surface area contributed by atoms with Crippen LogP contribution in [0.1, 0.15) is 51.2 Å². The number of nitrogens with zero attached hydrogens (tertiary/aromatic N) is 2. The number of cyclic esters (lactones) is 2. The number of likely N-dealkylation sites (N-methyl/N-ethyl adjacent to an activating group) is 1. The Kier molecular flexibility index (Phi) is 13.7. The molecule has 1 aromatic heterocycles. The fourth-order valence-corrected chi connectivity index (χ4v) is 4.69. The van der Waals surface area contributed by atoms with Gasteiger partial charge in [-0.15, -0.1) is 11.3 Å². The Morgan fingerprint density at radius 2 is 1.87 bits per heavy atom. The van der Waals surface area contributed by atoms with Crippen molar-refractivity contribution in [2.24, 2.45) is 0 Å². The predicted octanol–water partition coefficient (Wildman–Crippen LogP) is 5.48. The minimum absolute atomic E-state index is 0.293. The third kappa shape index (κ3) is 13.4. The third-order valence-electron chi connectivity index (χ3n) is 5.88. The summed E-state index contributed by atoms with van der Waals surface area (Å²) in [6, 6.07) is 0. The van der Waals surface area contributed by atoms with Crippen LogP contribution in [0.25, 0.3) is 0 Å². The van der Waals surface area contributed by atoms with Crippen molar-refractivity contribution in [3.63, 3.8) is 0 Å². The average Bonchev–Trinajstić information content (AvgIpc) is 3.30. The number of thiazole rings is 1. The van der Waals surface area contributed by atoms with E-state index in [0.717, 1.165) is 34.1 Å². The van der Waals surface area contributed by atoms with Crippen molar-refractivity contribution in [1.29, 1.82) is 0 Å². The van der Waals surface area contributed by atoms with Crippen LogP contribution in [0.3, 0.4) is 0 Å². The normalized spacial score (nSPS) is 24.5. The molecule has 0 spiro atoms. The Morgan fingerprint density at radius 1 is 1.13 bits per heavy atom. The van der Waals surface area contributed by atoms with Gasteiger partial charge >= 0.3 is 11.9 Å². The highest BCUT2D eigenvalue weighted by Crippen LogP contribution is 2.18. The lowest BCUT2D eigenvalue weighted by Gasteiger charge is -2.13. The Hall–Kier alpha value is -3.23. The van der Waals surface area contributed by atoms with E-state index in [4.69, 9.17) is 14.5 Å². The Balaban J connectivity index is 2.30. The van der Waals surface area contributed by atoms with Gasteiger partial charge < -0.3 is 19.7 Å². The zero-order chi connectivity index (χ0) is 28.8. The van der Waals surface area contributed by atoms with Crippen LogP contribution >= 0.6 is 11.3 Å². The number of ether oxygens (including phenoxy) is 2. The summed E-state index contributed by atoms with van der Waals surface area (Å²) in [5, 5.41) is 6.00. The molecule has 212 valence electrons. The van der Waals surface area contributed by atoms with Gasteiger partial charge in [-0.05, 0) is 60.7 Å². The average molecular weight is 554 g/mol. The number of nitrogens with one attached hydrogen (secondary N) is 1. The van der Waals surface area contributed by atoms with Crippen molar-refractivity contribution in [3.05, 3.63) is 87.1 Å². The van der Waals surface area contributed by atoms with Gasteiger partial charge in [-0.25, -0.2) is 14.6 Å². The first-order valence-corrected chi connectivity index (χ1v) is 14.2. The van der Waals surface area contributed by atoms with E-state index in [1.165, 1.54) is 17.7 Å². The standard InChI is InChI=1S/C31H43N3O4S/c1-22(15-16-34(6)7)11-12-24(3)18-28-20-29-33-27(21-39-29)14-13-26(32-5)19-31(36)37-25(4)17-23(2)9-8-10-30(35)38-28/h8-12,15,18-19,21,25,28,32H,13-14,16-17,20H2,1-7H3/b10-8-,12-11+,22-15+,23-9+,24-18+,26-19-/t25-,28+/m0/s1. The van der Waals surface area contributed by atoms with Crippen LogP contribution in [0.4, 0.5) is 0 Å². The molecule has 0 aromatic carbocycles. The topological polar surface area (TPSA) is 80.8 Å². The summed E-state index contributed by atoms with van der Waals surface area (Å²) in [4.78, 5) is 31.9. The molecule has 2 bridgehead atoms. The quantitative estimate of drug-likeness (QED) is 0.369. The summed E-state index contributed by atoms with van der Waals surface area (Å²) in [6.07, 6.45) is 16.3. The molecule has 0 radical (unpaired) electrons. The number of carbonyl (C=O) groups excluding carboxylic acids is 2. The molecule has 0 saturated carbocycles. The second kappa shape index (κ2) is 16.7. The Labute approximate surface area is 237 Å². The van der Waals surface area contributed by atoms with E-state index in [9.17, 15) is 9.59 Å². The van der Waals surface area contributed by atoms with E-state index in [1.54, 1.807) is 24.5 Å². The third-order valence-corrected chi connectivity index (χ3v) is 6.80. The fraction of sp³-hybridized carbons (Fsp3) is 0.452. The fourth-order valence-electron chi connectivity index (χ4n) is 3.82. The monoisotopic (exact) mass is 553 g/mol. The zero-order valence-electron chi connectivity index (χ0n) is 24.3. The summed E-state index contributed by atoms with van der Waals surface area (Å²) in [5.41, 5.74) is 4.88. The van der Waals surface area contributed by atoms with E-state index in [1.807, 2.05) is 58.5 Å². The maximum absolute atomic E-state index is 12.7. The molecule has 0 saturated heterocycles. The molecule has 0 aliphatic carbocycles. The minimum atomic E-state index is -0.456. The van der Waals surface area contributed by atoms with Crippen LogP contribution < -0.4 is 5.32 Å². The van der Waals surface area contributed by atoms with Gasteiger partial charge in [0.1, 0.15) is 12.2 Å². The van der Waals surface area contributed by atoms with Crippen molar-refractivity contribution < 1.29 is 19.1 Å². The molecule has 2 atom stereocenters. The second-order valence-electron chi connectivity index (χ2n) is 10.1. The molecule has 0 amide bonds. The molecule has 39 heavy (non-hydrogen) atoms. The number of fused-ring (bicyclic) bond motifs is 2. The van der Waals surface area contributed by atoms with Crippen LogP contribution in [-0.2, 0) is 31.9 Å². The summed E-state index contributed by atoms with van der Waals surface area (Å²) in [5.74, 6) is -0.797. The van der Waals surface area contributed by atoms with Gasteiger partial charge in [-0.3, -0.25) is 0 Å². The highest BCUT2D eigenvalue weighted by molar-refractivity contribution is 7.09. The van der Waals surface area contributed by atoms with Crippen LogP contribution in [-0.4, -0.2) is 61.7 Å². The Morgan fingerprint density at radius 3 is 2.59 bits per heavy atom. The van der Waals surface area contributed by atoms with Gasteiger partial charge in [-0.2, -0.15) is 0 Å². The minimum Gasteiger partial charge on any atom is -0.459 e. The number of aromatic nitrogens is 1. The second-order valence-corrected chi connectivity index (χ2v) is 11.1. The highest BCUT2D eigenvalue weighted by Gasteiger charge is 2.15. The number of rotatable bonds is 6. The first kappa shape index (κ1) is 32.0. The number of allylic oxidation sites excluding steroid dienone is 7. The molecule has 0 unspecified atom stereocenters. The van der Waals surface area contributed by atoms with Crippen molar-refractivity contribution in [2.45, 2.75) is 65.6 Å². The molecule has 7 nitrogen and oxygen atoms in total. The van der Waals surface area contributed by atoms with Gasteiger partial charge in [0.15, 0.2) is 0 Å². The first-order chi connectivity index (χ1) is 18.5. The van der Waals surface area contributed by atoms with E-state index >= 15 is 0 Å². The van der Waals surface area contributed by atoms with Gasteiger partial charge in [0.05, 0.1) is 10.7 Å². The van der Waals surface area contributed by atoms with Gasteiger partial charge in [0.2, 0.25) is 0 Å². The zero-order valence-corrected chi connectivity index (χ0v) is 25.1. The molecule has 1 aromatic rings. The van der Waals surface area contributed by atoms with Crippen molar-refractivity contribution in [2.75, 3.05) is 27.7 Å². The number of carbonyl (C=O) groups is 2. The summed E-state index contributed by atoms with van der Waals surface area (Å²) < 4.78 is 11.4. The molecule has 1 N–H and O–H groups in total.